The maximum absolute atomic E-state index is 10.5. The minimum absolute atomic E-state index is 0.100. The fourth-order valence-corrected chi connectivity index (χ4v) is 1.06. The van der Waals surface area contributed by atoms with Crippen molar-refractivity contribution in [2.24, 2.45) is 5.92 Å². The van der Waals surface area contributed by atoms with E-state index in [1.165, 1.54) is 0 Å². The van der Waals surface area contributed by atoms with Crippen molar-refractivity contribution in [3.05, 3.63) is 12.0 Å². The van der Waals surface area contributed by atoms with Crippen LogP contribution < -0.4 is 5.32 Å². The van der Waals surface area contributed by atoms with E-state index in [9.17, 15) is 4.79 Å². The molecule has 0 aliphatic carbocycles. The van der Waals surface area contributed by atoms with E-state index in [0.29, 0.717) is 19.1 Å². The number of rotatable bonds is 6. The topological polar surface area (TPSA) is 84.6 Å². The van der Waals surface area contributed by atoms with Crippen LogP contribution in [0.3, 0.4) is 0 Å². The summed E-state index contributed by atoms with van der Waals surface area (Å²) in [6.45, 7) is 3.24. The molecule has 0 saturated heterocycles. The molecule has 1 unspecified atom stereocenters. The number of oxazole rings is 1. The van der Waals surface area contributed by atoms with Crippen molar-refractivity contribution in [3.8, 4) is 0 Å². The average molecular weight is 214 g/mol. The van der Waals surface area contributed by atoms with Crippen LogP contribution >= 0.6 is 0 Å². The Labute approximate surface area is 87.3 Å². The standard InChI is InChI=1S/C9H14N2O4/c1-6(4-14-2)3-10-9-11-7(5-15-9)8(12)13/h5-6H,3-4H2,1-2H3,(H,10,11)(H,12,13). The molecule has 0 aliphatic rings. The Morgan fingerprint density at radius 3 is 3.07 bits per heavy atom. The number of nitrogens with one attached hydrogen (secondary N) is 1. The number of hydrogen-bond donors (Lipinski definition) is 2. The molecule has 1 aromatic heterocycles. The highest BCUT2D eigenvalue weighted by Gasteiger charge is 2.10. The fraction of sp³-hybridized carbons (Fsp3) is 0.556. The summed E-state index contributed by atoms with van der Waals surface area (Å²) < 4.78 is 9.86. The van der Waals surface area contributed by atoms with Gasteiger partial charge < -0.3 is 19.6 Å². The number of carboxylic acid groups (broad SMARTS) is 1. The van der Waals surface area contributed by atoms with Crippen LogP contribution in [0.15, 0.2) is 10.7 Å². The van der Waals surface area contributed by atoms with Crippen LogP contribution in [-0.2, 0) is 4.74 Å². The molecule has 0 bridgehead atoms. The number of aromatic nitrogens is 1. The Morgan fingerprint density at radius 2 is 2.53 bits per heavy atom. The molecule has 0 saturated carbocycles. The van der Waals surface area contributed by atoms with Crippen LogP contribution in [0.2, 0.25) is 0 Å². The SMILES string of the molecule is COCC(C)CNc1nc(C(=O)O)co1. The summed E-state index contributed by atoms with van der Waals surface area (Å²) in [5.41, 5.74) is -0.100. The van der Waals surface area contributed by atoms with Crippen molar-refractivity contribution in [1.82, 2.24) is 4.98 Å². The normalized spacial score (nSPS) is 12.4. The maximum atomic E-state index is 10.5. The first-order chi connectivity index (χ1) is 7.13. The molecule has 1 atom stereocenters. The van der Waals surface area contributed by atoms with Gasteiger partial charge in [-0.15, -0.1) is 0 Å². The molecule has 1 rings (SSSR count). The van der Waals surface area contributed by atoms with Crippen LogP contribution in [0.5, 0.6) is 0 Å². The molecular weight excluding hydrogens is 200 g/mol. The van der Waals surface area contributed by atoms with E-state index in [2.05, 4.69) is 10.3 Å². The summed E-state index contributed by atoms with van der Waals surface area (Å²) in [7, 11) is 1.63. The second kappa shape index (κ2) is 5.35. The number of aromatic carboxylic acids is 1. The van der Waals surface area contributed by atoms with Crippen molar-refractivity contribution >= 4 is 12.0 Å². The molecule has 6 heteroatoms. The van der Waals surface area contributed by atoms with Crippen molar-refractivity contribution in [3.63, 3.8) is 0 Å². The highest BCUT2D eigenvalue weighted by molar-refractivity contribution is 5.85. The minimum Gasteiger partial charge on any atom is -0.476 e. The zero-order valence-electron chi connectivity index (χ0n) is 8.69. The number of anilines is 1. The van der Waals surface area contributed by atoms with Gasteiger partial charge in [0.05, 0.1) is 6.61 Å². The molecule has 1 heterocycles. The van der Waals surface area contributed by atoms with E-state index in [0.717, 1.165) is 6.26 Å². The van der Waals surface area contributed by atoms with E-state index in [1.807, 2.05) is 6.92 Å². The molecule has 0 fully saturated rings. The molecular formula is C9H14N2O4. The summed E-state index contributed by atoms with van der Waals surface area (Å²) >= 11 is 0. The number of ether oxygens (including phenoxy) is 1. The van der Waals surface area contributed by atoms with Crippen LogP contribution in [0, 0.1) is 5.92 Å². The predicted octanol–water partition coefficient (Wildman–Crippen LogP) is 1.07. The number of carboxylic acids is 1. The van der Waals surface area contributed by atoms with Gasteiger partial charge in [0.2, 0.25) is 0 Å². The summed E-state index contributed by atoms with van der Waals surface area (Å²) in [5.74, 6) is -0.799. The molecule has 15 heavy (non-hydrogen) atoms. The Balaban J connectivity index is 2.40. The number of methoxy groups -OCH3 is 1. The van der Waals surface area contributed by atoms with Crippen molar-refractivity contribution < 1.29 is 19.1 Å². The minimum atomic E-state index is -1.10. The molecule has 0 aliphatic heterocycles. The largest absolute Gasteiger partial charge is 0.476 e. The van der Waals surface area contributed by atoms with Crippen LogP contribution in [-0.4, -0.2) is 36.3 Å². The zero-order chi connectivity index (χ0) is 11.3. The highest BCUT2D eigenvalue weighted by Crippen LogP contribution is 2.08. The quantitative estimate of drug-likeness (QED) is 0.736. The van der Waals surface area contributed by atoms with E-state index in [4.69, 9.17) is 14.3 Å². The van der Waals surface area contributed by atoms with E-state index < -0.39 is 5.97 Å². The third-order valence-corrected chi connectivity index (χ3v) is 1.78. The first kappa shape index (κ1) is 11.5. The predicted molar refractivity (Wildman–Crippen MR) is 53.0 cm³/mol. The Bertz CT molecular complexity index is 324. The lowest BCUT2D eigenvalue weighted by atomic mass is 10.2. The summed E-state index contributed by atoms with van der Waals surface area (Å²) in [6.07, 6.45) is 1.10. The van der Waals surface area contributed by atoms with Gasteiger partial charge in [-0.25, -0.2) is 4.79 Å². The first-order valence-corrected chi connectivity index (χ1v) is 4.55. The number of nitrogens with zero attached hydrogens (tertiary/aromatic N) is 1. The molecule has 6 nitrogen and oxygen atoms in total. The van der Waals surface area contributed by atoms with Crippen LogP contribution in [0.4, 0.5) is 6.01 Å². The summed E-state index contributed by atoms with van der Waals surface area (Å²) in [4.78, 5) is 14.2. The molecule has 84 valence electrons. The zero-order valence-corrected chi connectivity index (χ0v) is 8.69. The lowest BCUT2D eigenvalue weighted by Crippen LogP contribution is -2.16. The molecule has 0 spiro atoms. The lowest BCUT2D eigenvalue weighted by Gasteiger charge is -2.09. The van der Waals surface area contributed by atoms with Gasteiger partial charge in [-0.1, -0.05) is 6.92 Å². The van der Waals surface area contributed by atoms with Gasteiger partial charge in [0.15, 0.2) is 5.69 Å². The fourth-order valence-electron chi connectivity index (χ4n) is 1.06. The van der Waals surface area contributed by atoms with Crippen LogP contribution in [0.1, 0.15) is 17.4 Å². The molecule has 0 radical (unpaired) electrons. The maximum Gasteiger partial charge on any atom is 0.357 e. The van der Waals surface area contributed by atoms with Gasteiger partial charge in [-0.05, 0) is 5.92 Å². The van der Waals surface area contributed by atoms with Crippen LogP contribution in [0.25, 0.3) is 0 Å². The van der Waals surface area contributed by atoms with Crippen molar-refractivity contribution in [1.29, 1.82) is 0 Å². The first-order valence-electron chi connectivity index (χ1n) is 4.55. The van der Waals surface area contributed by atoms with Gasteiger partial charge in [0.1, 0.15) is 6.26 Å². The third-order valence-electron chi connectivity index (χ3n) is 1.78. The lowest BCUT2D eigenvalue weighted by molar-refractivity contribution is 0.0690. The van der Waals surface area contributed by atoms with E-state index in [-0.39, 0.29) is 11.7 Å². The number of carbonyl (C=O) groups is 1. The Morgan fingerprint density at radius 1 is 1.80 bits per heavy atom. The second-order valence-electron chi connectivity index (χ2n) is 3.28. The molecule has 2 N–H and O–H groups in total. The smallest absolute Gasteiger partial charge is 0.357 e. The van der Waals surface area contributed by atoms with Gasteiger partial charge in [-0.2, -0.15) is 4.98 Å². The Hall–Kier alpha value is -1.56. The molecule has 0 amide bonds. The van der Waals surface area contributed by atoms with Gasteiger partial charge >= 0.3 is 5.97 Å². The molecule has 0 aromatic carbocycles. The second-order valence-corrected chi connectivity index (χ2v) is 3.28. The monoisotopic (exact) mass is 214 g/mol. The third kappa shape index (κ3) is 3.59. The van der Waals surface area contributed by atoms with Crippen molar-refractivity contribution in [2.45, 2.75) is 6.92 Å². The number of hydrogen-bond acceptors (Lipinski definition) is 5. The van der Waals surface area contributed by atoms with Gasteiger partial charge in [0.25, 0.3) is 6.01 Å². The molecule has 1 aromatic rings. The van der Waals surface area contributed by atoms with E-state index >= 15 is 0 Å². The van der Waals surface area contributed by atoms with E-state index in [1.54, 1.807) is 7.11 Å². The average Bonchev–Trinajstić information content (AvgIpc) is 2.63. The Kier molecular flexibility index (Phi) is 4.11. The summed E-state index contributed by atoms with van der Waals surface area (Å²) in [6, 6.07) is 0.218. The van der Waals surface area contributed by atoms with Gasteiger partial charge in [0, 0.05) is 13.7 Å². The highest BCUT2D eigenvalue weighted by atomic mass is 16.5. The van der Waals surface area contributed by atoms with Gasteiger partial charge in [-0.3, -0.25) is 0 Å². The summed E-state index contributed by atoms with van der Waals surface area (Å²) in [5, 5.41) is 11.5. The van der Waals surface area contributed by atoms with Crippen molar-refractivity contribution in [2.75, 3.05) is 25.6 Å².